The molecule has 1 aromatic rings. The normalized spacial score (nSPS) is 21.2. The fourth-order valence-corrected chi connectivity index (χ4v) is 2.40. The highest BCUT2D eigenvalue weighted by molar-refractivity contribution is 7.13. The molecule has 0 spiro atoms. The van der Waals surface area contributed by atoms with Gasteiger partial charge in [0.1, 0.15) is 0 Å². The Morgan fingerprint density at radius 1 is 1.75 bits per heavy atom. The molecule has 2 N–H and O–H groups in total. The van der Waals surface area contributed by atoms with Crippen LogP contribution < -0.4 is 10.6 Å². The molecule has 1 atom stereocenters. The summed E-state index contributed by atoms with van der Waals surface area (Å²) in [4.78, 5) is 17.8. The second-order valence-electron chi connectivity index (χ2n) is 3.89. The van der Waals surface area contributed by atoms with E-state index in [0.29, 0.717) is 17.7 Å². The third kappa shape index (κ3) is 3.01. The number of nitrogens with zero attached hydrogens (tertiary/aromatic N) is 2. The lowest BCUT2D eigenvalue weighted by Gasteiger charge is -2.14. The van der Waals surface area contributed by atoms with Crippen molar-refractivity contribution in [1.29, 1.82) is 0 Å². The molecule has 1 aromatic heterocycles. The van der Waals surface area contributed by atoms with Crippen LogP contribution >= 0.6 is 11.3 Å². The molecule has 1 aliphatic heterocycles. The Balaban J connectivity index is 1.76. The SMILES string of the molecule is CNC1CCN(CC(=O)Nc2nccs2)C1. The van der Waals surface area contributed by atoms with Crippen LogP contribution in [0.2, 0.25) is 0 Å². The minimum atomic E-state index is 0.0201. The maximum Gasteiger partial charge on any atom is 0.240 e. The van der Waals surface area contributed by atoms with E-state index in [1.165, 1.54) is 11.3 Å². The lowest BCUT2D eigenvalue weighted by atomic mass is 10.3. The van der Waals surface area contributed by atoms with Gasteiger partial charge in [0.15, 0.2) is 5.13 Å². The highest BCUT2D eigenvalue weighted by Gasteiger charge is 2.22. The smallest absolute Gasteiger partial charge is 0.240 e. The second-order valence-corrected chi connectivity index (χ2v) is 4.79. The fourth-order valence-electron chi connectivity index (χ4n) is 1.86. The Morgan fingerprint density at radius 3 is 3.25 bits per heavy atom. The summed E-state index contributed by atoms with van der Waals surface area (Å²) < 4.78 is 0. The predicted octanol–water partition coefficient (Wildman–Crippen LogP) is 0.375. The minimum Gasteiger partial charge on any atom is -0.316 e. The summed E-state index contributed by atoms with van der Waals surface area (Å²) in [6, 6.07) is 0.521. The van der Waals surface area contributed by atoms with Crippen LogP contribution in [0.15, 0.2) is 11.6 Å². The maximum absolute atomic E-state index is 11.7. The standard InChI is InChI=1S/C10H16N4OS/c1-11-8-2-4-14(6-8)7-9(15)13-10-12-3-5-16-10/h3,5,8,11H,2,4,6-7H2,1H3,(H,12,13,15). The molecule has 0 saturated carbocycles. The van der Waals surface area contributed by atoms with Crippen molar-refractivity contribution in [2.75, 3.05) is 32.0 Å². The molecule has 16 heavy (non-hydrogen) atoms. The van der Waals surface area contributed by atoms with Crippen molar-refractivity contribution in [1.82, 2.24) is 15.2 Å². The van der Waals surface area contributed by atoms with Crippen LogP contribution in [0.5, 0.6) is 0 Å². The second kappa shape index (κ2) is 5.38. The minimum absolute atomic E-state index is 0.0201. The van der Waals surface area contributed by atoms with Gasteiger partial charge in [-0.15, -0.1) is 11.3 Å². The maximum atomic E-state index is 11.7. The third-order valence-corrected chi connectivity index (χ3v) is 3.42. The number of likely N-dealkylation sites (tertiary alicyclic amines) is 1. The topological polar surface area (TPSA) is 57.3 Å². The van der Waals surface area contributed by atoms with Crippen molar-refractivity contribution in [3.8, 4) is 0 Å². The van der Waals surface area contributed by atoms with Gasteiger partial charge in [-0.1, -0.05) is 0 Å². The van der Waals surface area contributed by atoms with Gasteiger partial charge in [0.2, 0.25) is 5.91 Å². The number of rotatable bonds is 4. The molecule has 0 radical (unpaired) electrons. The first-order valence-corrected chi connectivity index (χ1v) is 6.25. The lowest BCUT2D eigenvalue weighted by molar-refractivity contribution is -0.117. The monoisotopic (exact) mass is 240 g/mol. The van der Waals surface area contributed by atoms with Gasteiger partial charge in [0, 0.05) is 30.7 Å². The Morgan fingerprint density at radius 2 is 2.62 bits per heavy atom. The number of carbonyl (C=O) groups is 1. The number of thiazole rings is 1. The molecule has 1 saturated heterocycles. The van der Waals surface area contributed by atoms with Crippen molar-refractivity contribution >= 4 is 22.4 Å². The number of carbonyl (C=O) groups excluding carboxylic acids is 1. The van der Waals surface area contributed by atoms with Crippen LogP contribution in [0, 0.1) is 0 Å². The van der Waals surface area contributed by atoms with Crippen molar-refractivity contribution in [3.05, 3.63) is 11.6 Å². The average molecular weight is 240 g/mol. The first-order valence-electron chi connectivity index (χ1n) is 5.37. The number of nitrogens with one attached hydrogen (secondary N) is 2. The molecule has 2 heterocycles. The molecule has 0 bridgehead atoms. The summed E-state index contributed by atoms with van der Waals surface area (Å²) in [6.07, 6.45) is 2.80. The zero-order chi connectivity index (χ0) is 11.4. The Bertz CT molecular complexity index is 341. The van der Waals surface area contributed by atoms with E-state index in [4.69, 9.17) is 0 Å². The highest BCUT2D eigenvalue weighted by atomic mass is 32.1. The molecule has 1 unspecified atom stereocenters. The van der Waals surface area contributed by atoms with Gasteiger partial charge in [-0.2, -0.15) is 0 Å². The predicted molar refractivity (Wildman–Crippen MR) is 64.6 cm³/mol. The Hall–Kier alpha value is -0.980. The largest absolute Gasteiger partial charge is 0.316 e. The molecule has 1 amide bonds. The molecular formula is C10H16N4OS. The third-order valence-electron chi connectivity index (χ3n) is 2.73. The summed E-state index contributed by atoms with van der Waals surface area (Å²) in [7, 11) is 1.96. The zero-order valence-corrected chi connectivity index (χ0v) is 10.1. The van der Waals surface area contributed by atoms with Crippen molar-refractivity contribution in [2.24, 2.45) is 0 Å². The Kier molecular flexibility index (Phi) is 3.87. The highest BCUT2D eigenvalue weighted by Crippen LogP contribution is 2.11. The van der Waals surface area contributed by atoms with Gasteiger partial charge in [-0.05, 0) is 13.5 Å². The lowest BCUT2D eigenvalue weighted by Crippen LogP contribution is -2.34. The van der Waals surface area contributed by atoms with Gasteiger partial charge < -0.3 is 10.6 Å². The molecule has 88 valence electrons. The van der Waals surface area contributed by atoms with Gasteiger partial charge in [0.25, 0.3) is 0 Å². The van der Waals surface area contributed by atoms with Crippen molar-refractivity contribution in [2.45, 2.75) is 12.5 Å². The number of aromatic nitrogens is 1. The van der Waals surface area contributed by atoms with E-state index in [9.17, 15) is 4.79 Å². The first kappa shape index (κ1) is 11.5. The molecule has 0 aromatic carbocycles. The van der Waals surface area contributed by atoms with E-state index in [0.717, 1.165) is 19.5 Å². The quantitative estimate of drug-likeness (QED) is 0.798. The van der Waals surface area contributed by atoms with E-state index >= 15 is 0 Å². The van der Waals surface area contributed by atoms with Crippen LogP contribution in [0.3, 0.4) is 0 Å². The number of anilines is 1. The summed E-state index contributed by atoms with van der Waals surface area (Å²) >= 11 is 1.44. The van der Waals surface area contributed by atoms with Crippen molar-refractivity contribution < 1.29 is 4.79 Å². The summed E-state index contributed by atoms with van der Waals surface area (Å²) in [5.74, 6) is 0.0201. The molecule has 2 rings (SSSR count). The molecule has 1 fully saturated rings. The van der Waals surface area contributed by atoms with Crippen LogP contribution in [-0.4, -0.2) is 48.5 Å². The molecule has 5 nitrogen and oxygen atoms in total. The van der Waals surface area contributed by atoms with Gasteiger partial charge in [0.05, 0.1) is 6.54 Å². The summed E-state index contributed by atoms with van der Waals surface area (Å²) in [5.41, 5.74) is 0. The van der Waals surface area contributed by atoms with E-state index < -0.39 is 0 Å². The first-order chi connectivity index (χ1) is 7.78. The van der Waals surface area contributed by atoms with Crippen LogP contribution in [0.25, 0.3) is 0 Å². The van der Waals surface area contributed by atoms with E-state index in [2.05, 4.69) is 20.5 Å². The summed E-state index contributed by atoms with van der Waals surface area (Å²) in [6.45, 7) is 2.39. The molecule has 0 aliphatic carbocycles. The van der Waals surface area contributed by atoms with Gasteiger partial charge >= 0.3 is 0 Å². The number of hydrogen-bond acceptors (Lipinski definition) is 5. The number of hydrogen-bond donors (Lipinski definition) is 2. The van der Waals surface area contributed by atoms with Crippen LogP contribution in [0.4, 0.5) is 5.13 Å². The molecule has 1 aliphatic rings. The molecule has 6 heteroatoms. The van der Waals surface area contributed by atoms with Gasteiger partial charge in [-0.25, -0.2) is 4.98 Å². The van der Waals surface area contributed by atoms with Crippen molar-refractivity contribution in [3.63, 3.8) is 0 Å². The Labute approximate surface area is 98.9 Å². The van der Waals surface area contributed by atoms with E-state index in [-0.39, 0.29) is 5.91 Å². The van der Waals surface area contributed by atoms with Crippen LogP contribution in [0.1, 0.15) is 6.42 Å². The summed E-state index contributed by atoms with van der Waals surface area (Å²) in [5, 5.41) is 8.54. The zero-order valence-electron chi connectivity index (χ0n) is 9.27. The number of likely N-dealkylation sites (N-methyl/N-ethyl adjacent to an activating group) is 1. The van der Waals surface area contributed by atoms with Gasteiger partial charge in [-0.3, -0.25) is 9.69 Å². The molecular weight excluding hydrogens is 224 g/mol. The van der Waals surface area contributed by atoms with Crippen LogP contribution in [-0.2, 0) is 4.79 Å². The average Bonchev–Trinajstić information content (AvgIpc) is 2.89. The van der Waals surface area contributed by atoms with E-state index in [1.54, 1.807) is 6.20 Å². The van der Waals surface area contributed by atoms with E-state index in [1.807, 2.05) is 12.4 Å². The fraction of sp³-hybridized carbons (Fsp3) is 0.600. The number of amides is 1.